The third-order valence-corrected chi connectivity index (χ3v) is 4.51. The van der Waals surface area contributed by atoms with Crippen molar-refractivity contribution in [2.45, 2.75) is 0 Å². The predicted molar refractivity (Wildman–Crippen MR) is 109 cm³/mol. The zero-order chi connectivity index (χ0) is 18.6. The molecule has 2 aromatic heterocycles. The molecule has 0 saturated heterocycles. The lowest BCUT2D eigenvalue weighted by atomic mass is 10.1. The second kappa shape index (κ2) is 7.67. The molecule has 0 bridgehead atoms. The van der Waals surface area contributed by atoms with Crippen molar-refractivity contribution in [3.8, 4) is 23.0 Å². The fourth-order valence-corrected chi connectivity index (χ4v) is 2.81. The van der Waals surface area contributed by atoms with Gasteiger partial charge >= 0.3 is 6.01 Å². The first-order chi connectivity index (χ1) is 13.2. The molecule has 0 atom stereocenters. The van der Waals surface area contributed by atoms with Gasteiger partial charge in [0.15, 0.2) is 0 Å². The first-order valence-electron chi connectivity index (χ1n) is 8.10. The van der Waals surface area contributed by atoms with E-state index >= 15 is 0 Å². The van der Waals surface area contributed by atoms with Gasteiger partial charge in [-0.2, -0.15) is 5.10 Å². The summed E-state index contributed by atoms with van der Waals surface area (Å²) in [6.07, 6.45) is 4.90. The maximum Gasteiger partial charge on any atom is 0.321 e. The van der Waals surface area contributed by atoms with E-state index in [1.165, 1.54) is 4.68 Å². The predicted octanol–water partition coefficient (Wildman–Crippen LogP) is 4.43. The molecule has 0 aliphatic heterocycles. The van der Waals surface area contributed by atoms with Crippen LogP contribution in [0.4, 0.5) is 0 Å². The fraction of sp³-hybridized carbons (Fsp3) is 0. The molecule has 4 aromatic rings. The highest BCUT2D eigenvalue weighted by molar-refractivity contribution is 14.1. The lowest BCUT2D eigenvalue weighted by Gasteiger charge is -2.04. The van der Waals surface area contributed by atoms with Crippen LogP contribution >= 0.6 is 22.6 Å². The molecule has 2 aromatic carbocycles. The first-order valence-corrected chi connectivity index (χ1v) is 9.18. The van der Waals surface area contributed by atoms with E-state index in [1.54, 1.807) is 42.9 Å². The van der Waals surface area contributed by atoms with Crippen molar-refractivity contribution in [1.82, 2.24) is 19.7 Å². The zero-order valence-electron chi connectivity index (χ0n) is 14.0. The smallest absolute Gasteiger partial charge is 0.321 e. The van der Waals surface area contributed by atoms with Crippen LogP contribution in [-0.2, 0) is 0 Å². The van der Waals surface area contributed by atoms with Crippen LogP contribution < -0.4 is 4.74 Å². The molecule has 0 N–H and O–H groups in total. The summed E-state index contributed by atoms with van der Waals surface area (Å²) >= 11 is 2.20. The highest BCUT2D eigenvalue weighted by atomic mass is 127. The molecule has 0 radical (unpaired) electrons. The number of ether oxygens (including phenoxy) is 1. The van der Waals surface area contributed by atoms with Crippen molar-refractivity contribution >= 4 is 28.5 Å². The van der Waals surface area contributed by atoms with Crippen LogP contribution in [0.2, 0.25) is 0 Å². The van der Waals surface area contributed by atoms with Crippen LogP contribution in [0.15, 0.2) is 79.3 Å². The minimum Gasteiger partial charge on any atom is -0.424 e. The standard InChI is InChI=1S/C20H13IN4O2/c21-16-6-2-15(3-7-16)19(26)25-13-10-18(24-25)14-4-8-17(9-5-14)27-20-22-11-1-12-23-20/h1-13H. The van der Waals surface area contributed by atoms with Crippen molar-refractivity contribution in [3.63, 3.8) is 0 Å². The Morgan fingerprint density at radius 2 is 1.63 bits per heavy atom. The van der Waals surface area contributed by atoms with Gasteiger partial charge in [-0.1, -0.05) is 0 Å². The molecule has 27 heavy (non-hydrogen) atoms. The summed E-state index contributed by atoms with van der Waals surface area (Å²) in [4.78, 5) is 20.6. The maximum atomic E-state index is 12.5. The third kappa shape index (κ3) is 4.03. The van der Waals surface area contributed by atoms with Crippen LogP contribution in [0.5, 0.6) is 11.8 Å². The Kier molecular flexibility index (Phi) is 4.93. The van der Waals surface area contributed by atoms with E-state index in [4.69, 9.17) is 4.74 Å². The molecular formula is C20H13IN4O2. The maximum absolute atomic E-state index is 12.5. The summed E-state index contributed by atoms with van der Waals surface area (Å²) in [6, 6.07) is 18.6. The Morgan fingerprint density at radius 1 is 0.926 bits per heavy atom. The topological polar surface area (TPSA) is 69.9 Å². The molecule has 7 heteroatoms. The highest BCUT2D eigenvalue weighted by Gasteiger charge is 2.11. The first kappa shape index (κ1) is 17.3. The fourth-order valence-electron chi connectivity index (χ4n) is 2.45. The number of hydrogen-bond donors (Lipinski definition) is 0. The third-order valence-electron chi connectivity index (χ3n) is 3.79. The van der Waals surface area contributed by atoms with Gasteiger partial charge in [-0.25, -0.2) is 14.6 Å². The van der Waals surface area contributed by atoms with Crippen molar-refractivity contribution in [1.29, 1.82) is 0 Å². The van der Waals surface area contributed by atoms with Gasteiger partial charge in [0.1, 0.15) is 5.75 Å². The Hall–Kier alpha value is -3.07. The van der Waals surface area contributed by atoms with Crippen molar-refractivity contribution < 1.29 is 9.53 Å². The van der Waals surface area contributed by atoms with E-state index in [0.717, 1.165) is 9.13 Å². The quantitative estimate of drug-likeness (QED) is 0.415. The van der Waals surface area contributed by atoms with E-state index in [9.17, 15) is 4.79 Å². The monoisotopic (exact) mass is 468 g/mol. The second-order valence-electron chi connectivity index (χ2n) is 5.62. The van der Waals surface area contributed by atoms with E-state index < -0.39 is 0 Å². The van der Waals surface area contributed by atoms with Gasteiger partial charge in [0, 0.05) is 33.3 Å². The van der Waals surface area contributed by atoms with E-state index in [0.29, 0.717) is 17.0 Å². The lowest BCUT2D eigenvalue weighted by Crippen LogP contribution is -2.12. The Labute approximate surface area is 169 Å². The number of carbonyl (C=O) groups excluding carboxylic acids is 1. The average Bonchev–Trinajstić information content (AvgIpc) is 3.20. The Balaban J connectivity index is 1.51. The van der Waals surface area contributed by atoms with Crippen LogP contribution in [0.25, 0.3) is 11.3 Å². The molecule has 132 valence electrons. The van der Waals surface area contributed by atoms with Crippen molar-refractivity contribution in [2.75, 3.05) is 0 Å². The Morgan fingerprint density at radius 3 is 2.33 bits per heavy atom. The summed E-state index contributed by atoms with van der Waals surface area (Å²) in [5.41, 5.74) is 2.18. The molecule has 4 rings (SSSR count). The average molecular weight is 468 g/mol. The number of hydrogen-bond acceptors (Lipinski definition) is 5. The van der Waals surface area contributed by atoms with Gasteiger partial charge in [0.05, 0.1) is 5.69 Å². The normalized spacial score (nSPS) is 10.6. The number of nitrogens with zero attached hydrogens (tertiary/aromatic N) is 4. The van der Waals surface area contributed by atoms with E-state index in [-0.39, 0.29) is 11.9 Å². The summed E-state index contributed by atoms with van der Waals surface area (Å²) in [6.45, 7) is 0. The number of benzene rings is 2. The SMILES string of the molecule is O=C(c1ccc(I)cc1)n1ccc(-c2ccc(Oc3ncccn3)cc2)n1. The molecule has 0 aliphatic carbocycles. The number of rotatable bonds is 4. The van der Waals surface area contributed by atoms with Crippen molar-refractivity contribution in [3.05, 3.63) is 88.4 Å². The molecule has 0 aliphatic rings. The largest absolute Gasteiger partial charge is 0.424 e. The molecule has 0 saturated carbocycles. The van der Waals surface area contributed by atoms with Gasteiger partial charge < -0.3 is 4.74 Å². The van der Waals surface area contributed by atoms with Gasteiger partial charge in [-0.05, 0) is 83.3 Å². The minimum atomic E-state index is -0.168. The molecule has 0 unspecified atom stereocenters. The minimum absolute atomic E-state index is 0.168. The summed E-state index contributed by atoms with van der Waals surface area (Å²) in [5, 5.41) is 4.39. The van der Waals surface area contributed by atoms with Crippen LogP contribution in [0, 0.1) is 3.57 Å². The summed E-state index contributed by atoms with van der Waals surface area (Å²) in [5.74, 6) is 0.457. The van der Waals surface area contributed by atoms with Crippen LogP contribution in [0.1, 0.15) is 10.4 Å². The van der Waals surface area contributed by atoms with E-state index in [2.05, 4.69) is 37.7 Å². The lowest BCUT2D eigenvalue weighted by molar-refractivity contribution is 0.0945. The number of carbonyl (C=O) groups is 1. The van der Waals surface area contributed by atoms with Gasteiger partial charge in [0.2, 0.25) is 0 Å². The molecule has 0 spiro atoms. The number of halogens is 1. The molecular weight excluding hydrogens is 455 g/mol. The van der Waals surface area contributed by atoms with Crippen LogP contribution in [0.3, 0.4) is 0 Å². The zero-order valence-corrected chi connectivity index (χ0v) is 16.1. The van der Waals surface area contributed by atoms with Gasteiger partial charge in [-0.15, -0.1) is 0 Å². The van der Waals surface area contributed by atoms with Gasteiger partial charge in [-0.3, -0.25) is 4.79 Å². The van der Waals surface area contributed by atoms with E-state index in [1.807, 2.05) is 36.4 Å². The summed E-state index contributed by atoms with van der Waals surface area (Å²) < 4.78 is 8.00. The molecule has 6 nitrogen and oxygen atoms in total. The van der Waals surface area contributed by atoms with Crippen molar-refractivity contribution in [2.24, 2.45) is 0 Å². The molecule has 2 heterocycles. The van der Waals surface area contributed by atoms with Crippen LogP contribution in [-0.4, -0.2) is 25.7 Å². The van der Waals surface area contributed by atoms with Gasteiger partial charge in [0.25, 0.3) is 5.91 Å². The molecule has 0 fully saturated rings. The number of aromatic nitrogens is 4. The summed E-state index contributed by atoms with van der Waals surface area (Å²) in [7, 11) is 0. The molecule has 0 amide bonds. The second-order valence-corrected chi connectivity index (χ2v) is 6.86. The highest BCUT2D eigenvalue weighted by Crippen LogP contribution is 2.23. The Bertz CT molecular complexity index is 1060.